The number of carbonyl (C=O) groups is 1. The fourth-order valence-corrected chi connectivity index (χ4v) is 2.54. The highest BCUT2D eigenvalue weighted by Gasteiger charge is 2.16. The van der Waals surface area contributed by atoms with E-state index in [2.05, 4.69) is 4.98 Å². The molecule has 1 aromatic heterocycles. The molecule has 3 aromatic rings. The maximum absolute atomic E-state index is 12.1. The standard InChI is InChI=1S/C17H13NO4/c19-17(7-11-9-18-14-4-2-1-3-13(11)14)22-12-5-6-15-16(8-12)21-10-20-15/h1-6,8-9,18H,7,10H2. The lowest BCUT2D eigenvalue weighted by atomic mass is 10.1. The number of ether oxygens (including phenoxy) is 3. The quantitative estimate of drug-likeness (QED) is 0.596. The molecule has 0 aliphatic carbocycles. The average molecular weight is 295 g/mol. The van der Waals surface area contributed by atoms with Gasteiger partial charge in [0.05, 0.1) is 6.42 Å². The summed E-state index contributed by atoms with van der Waals surface area (Å²) >= 11 is 0. The van der Waals surface area contributed by atoms with Crippen molar-refractivity contribution in [3.63, 3.8) is 0 Å². The molecule has 0 bridgehead atoms. The normalized spacial score (nSPS) is 12.5. The second-order valence-electron chi connectivity index (χ2n) is 5.03. The van der Waals surface area contributed by atoms with Crippen molar-refractivity contribution in [1.82, 2.24) is 4.98 Å². The first-order valence-corrected chi connectivity index (χ1v) is 6.95. The molecule has 110 valence electrons. The molecule has 5 heteroatoms. The zero-order chi connectivity index (χ0) is 14.9. The highest BCUT2D eigenvalue weighted by atomic mass is 16.7. The molecule has 1 N–H and O–H groups in total. The number of fused-ring (bicyclic) bond motifs is 2. The van der Waals surface area contributed by atoms with E-state index in [4.69, 9.17) is 14.2 Å². The van der Waals surface area contributed by atoms with Crippen LogP contribution < -0.4 is 14.2 Å². The second-order valence-corrected chi connectivity index (χ2v) is 5.03. The lowest BCUT2D eigenvalue weighted by Gasteiger charge is -2.05. The number of hydrogen-bond acceptors (Lipinski definition) is 4. The van der Waals surface area contributed by atoms with Gasteiger partial charge in [0, 0.05) is 23.2 Å². The number of aromatic amines is 1. The Morgan fingerprint density at radius 3 is 2.95 bits per heavy atom. The summed E-state index contributed by atoms with van der Waals surface area (Å²) in [7, 11) is 0. The number of nitrogens with one attached hydrogen (secondary N) is 1. The van der Waals surface area contributed by atoms with E-state index in [-0.39, 0.29) is 19.2 Å². The molecule has 0 spiro atoms. The van der Waals surface area contributed by atoms with E-state index in [1.165, 1.54) is 0 Å². The molecule has 5 nitrogen and oxygen atoms in total. The lowest BCUT2D eigenvalue weighted by molar-refractivity contribution is -0.133. The average Bonchev–Trinajstić information content (AvgIpc) is 3.14. The topological polar surface area (TPSA) is 60.6 Å². The number of esters is 1. The van der Waals surface area contributed by atoms with Gasteiger partial charge in [0.25, 0.3) is 0 Å². The molecule has 2 heterocycles. The third kappa shape index (κ3) is 2.26. The Morgan fingerprint density at radius 1 is 1.14 bits per heavy atom. The predicted octanol–water partition coefficient (Wildman–Crippen LogP) is 3.04. The molecule has 2 aromatic carbocycles. The van der Waals surface area contributed by atoms with Crippen molar-refractivity contribution in [2.75, 3.05) is 6.79 Å². The van der Waals surface area contributed by atoms with Crippen LogP contribution in [0.3, 0.4) is 0 Å². The molecule has 4 rings (SSSR count). The first-order valence-electron chi connectivity index (χ1n) is 6.95. The van der Waals surface area contributed by atoms with Gasteiger partial charge in [-0.25, -0.2) is 0 Å². The SMILES string of the molecule is O=C(Cc1c[nH]c2ccccc12)Oc1ccc2c(c1)OCO2. The highest BCUT2D eigenvalue weighted by molar-refractivity contribution is 5.87. The van der Waals surface area contributed by atoms with Crippen molar-refractivity contribution in [2.24, 2.45) is 0 Å². The first kappa shape index (κ1) is 12.8. The second kappa shape index (κ2) is 5.11. The van der Waals surface area contributed by atoms with E-state index in [0.29, 0.717) is 17.2 Å². The van der Waals surface area contributed by atoms with Crippen LogP contribution in [-0.2, 0) is 11.2 Å². The minimum atomic E-state index is -0.316. The smallest absolute Gasteiger partial charge is 0.315 e. The van der Waals surface area contributed by atoms with Gasteiger partial charge in [0.2, 0.25) is 6.79 Å². The van der Waals surface area contributed by atoms with Crippen LogP contribution in [0.5, 0.6) is 17.2 Å². The molecule has 1 aliphatic heterocycles. The van der Waals surface area contributed by atoms with Crippen LogP contribution in [-0.4, -0.2) is 17.7 Å². The van der Waals surface area contributed by atoms with E-state index in [1.54, 1.807) is 18.2 Å². The summed E-state index contributed by atoms with van der Waals surface area (Å²) in [4.78, 5) is 15.3. The molecule has 0 fully saturated rings. The fraction of sp³-hybridized carbons (Fsp3) is 0.118. The van der Waals surface area contributed by atoms with Gasteiger partial charge < -0.3 is 19.2 Å². The van der Waals surface area contributed by atoms with E-state index >= 15 is 0 Å². The Bertz CT molecular complexity index is 853. The molecule has 0 unspecified atom stereocenters. The van der Waals surface area contributed by atoms with Crippen LogP contribution in [0.2, 0.25) is 0 Å². The van der Waals surface area contributed by atoms with Gasteiger partial charge in [-0.15, -0.1) is 0 Å². The Kier molecular flexibility index (Phi) is 2.96. The first-order chi connectivity index (χ1) is 10.8. The van der Waals surface area contributed by atoms with Gasteiger partial charge in [0.15, 0.2) is 11.5 Å². The minimum Gasteiger partial charge on any atom is -0.454 e. The Morgan fingerprint density at radius 2 is 2.00 bits per heavy atom. The summed E-state index contributed by atoms with van der Waals surface area (Å²) in [6.45, 7) is 0.197. The summed E-state index contributed by atoms with van der Waals surface area (Å²) in [5.74, 6) is 1.39. The van der Waals surface area contributed by atoms with Crippen molar-refractivity contribution in [1.29, 1.82) is 0 Å². The Labute approximate surface area is 126 Å². The maximum atomic E-state index is 12.1. The number of carbonyl (C=O) groups excluding carboxylic acids is 1. The van der Waals surface area contributed by atoms with Crippen LogP contribution in [0.15, 0.2) is 48.7 Å². The number of hydrogen-bond donors (Lipinski definition) is 1. The van der Waals surface area contributed by atoms with Crippen molar-refractivity contribution in [2.45, 2.75) is 6.42 Å². The lowest BCUT2D eigenvalue weighted by Crippen LogP contribution is -2.10. The maximum Gasteiger partial charge on any atom is 0.315 e. The third-order valence-corrected chi connectivity index (χ3v) is 3.59. The zero-order valence-corrected chi connectivity index (χ0v) is 11.7. The van der Waals surface area contributed by atoms with Gasteiger partial charge in [-0.2, -0.15) is 0 Å². The van der Waals surface area contributed by atoms with Crippen LogP contribution in [0.4, 0.5) is 0 Å². The molecule has 0 radical (unpaired) electrons. The molecule has 0 atom stereocenters. The van der Waals surface area contributed by atoms with E-state index in [0.717, 1.165) is 16.5 Å². The Hall–Kier alpha value is -2.95. The molecule has 0 amide bonds. The number of benzene rings is 2. The van der Waals surface area contributed by atoms with Crippen molar-refractivity contribution in [3.05, 3.63) is 54.2 Å². The number of para-hydroxylation sites is 1. The summed E-state index contributed by atoms with van der Waals surface area (Å²) < 4.78 is 15.9. The minimum absolute atomic E-state index is 0.197. The highest BCUT2D eigenvalue weighted by Crippen LogP contribution is 2.35. The number of aromatic nitrogens is 1. The monoisotopic (exact) mass is 295 g/mol. The molecule has 22 heavy (non-hydrogen) atoms. The van der Waals surface area contributed by atoms with Crippen LogP contribution in [0.25, 0.3) is 10.9 Å². The van der Waals surface area contributed by atoms with E-state index < -0.39 is 0 Å². The molecular formula is C17H13NO4. The van der Waals surface area contributed by atoms with E-state index in [1.807, 2.05) is 30.5 Å². The summed E-state index contributed by atoms with van der Waals surface area (Å²) in [5.41, 5.74) is 1.93. The largest absolute Gasteiger partial charge is 0.454 e. The molecule has 1 aliphatic rings. The predicted molar refractivity (Wildman–Crippen MR) is 80.2 cm³/mol. The summed E-state index contributed by atoms with van der Waals surface area (Å²) in [6.07, 6.45) is 2.05. The molecule has 0 saturated heterocycles. The number of rotatable bonds is 3. The summed E-state index contributed by atoms with van der Waals surface area (Å²) in [6, 6.07) is 12.9. The molecular weight excluding hydrogens is 282 g/mol. The fourth-order valence-electron chi connectivity index (χ4n) is 2.54. The van der Waals surface area contributed by atoms with Crippen LogP contribution in [0.1, 0.15) is 5.56 Å². The van der Waals surface area contributed by atoms with Gasteiger partial charge in [-0.05, 0) is 23.8 Å². The van der Waals surface area contributed by atoms with Crippen molar-refractivity contribution >= 4 is 16.9 Å². The van der Waals surface area contributed by atoms with E-state index in [9.17, 15) is 4.79 Å². The van der Waals surface area contributed by atoms with Crippen LogP contribution >= 0.6 is 0 Å². The Balaban J connectivity index is 1.51. The zero-order valence-electron chi connectivity index (χ0n) is 11.7. The van der Waals surface area contributed by atoms with Crippen molar-refractivity contribution in [3.8, 4) is 17.2 Å². The van der Waals surface area contributed by atoms with Crippen molar-refractivity contribution < 1.29 is 19.0 Å². The van der Waals surface area contributed by atoms with Gasteiger partial charge in [-0.3, -0.25) is 4.79 Å². The van der Waals surface area contributed by atoms with Gasteiger partial charge >= 0.3 is 5.97 Å². The summed E-state index contributed by atoms with van der Waals surface area (Å²) in [5, 5.41) is 1.03. The third-order valence-electron chi connectivity index (χ3n) is 3.59. The number of H-pyrrole nitrogens is 1. The van der Waals surface area contributed by atoms with Crippen LogP contribution in [0, 0.1) is 0 Å². The van der Waals surface area contributed by atoms with Gasteiger partial charge in [0.1, 0.15) is 5.75 Å². The van der Waals surface area contributed by atoms with Gasteiger partial charge in [-0.1, -0.05) is 18.2 Å². The molecule has 0 saturated carbocycles.